The normalized spacial score (nSPS) is 12.8. The van der Waals surface area contributed by atoms with Gasteiger partial charge in [0.1, 0.15) is 11.0 Å². The Kier molecular flexibility index (Phi) is 6.61. The van der Waals surface area contributed by atoms with E-state index in [-0.39, 0.29) is 23.3 Å². The van der Waals surface area contributed by atoms with E-state index in [1.807, 2.05) is 25.3 Å². The molecule has 2 rings (SSSR count). The van der Waals surface area contributed by atoms with E-state index in [4.69, 9.17) is 4.74 Å². The van der Waals surface area contributed by atoms with Gasteiger partial charge in [0.2, 0.25) is 5.91 Å². The predicted octanol–water partition coefficient (Wildman–Crippen LogP) is 3.43. The summed E-state index contributed by atoms with van der Waals surface area (Å²) in [5.41, 5.74) is 0. The molecule has 0 spiro atoms. The Hall–Kier alpha value is -1.86. The molecule has 2 aromatic rings. The second-order valence-corrected chi connectivity index (χ2v) is 9.24. The van der Waals surface area contributed by atoms with Crippen LogP contribution in [-0.4, -0.2) is 28.0 Å². The summed E-state index contributed by atoms with van der Waals surface area (Å²) in [5, 5.41) is 3.79. The number of ether oxygens (including phenoxy) is 1. The smallest absolute Gasteiger partial charge is 0.220 e. The van der Waals surface area contributed by atoms with Gasteiger partial charge < -0.3 is 10.1 Å². The van der Waals surface area contributed by atoms with Crippen molar-refractivity contribution in [3.05, 3.63) is 46.7 Å². The lowest BCUT2D eigenvalue weighted by molar-refractivity contribution is -0.121. The van der Waals surface area contributed by atoms with Crippen LogP contribution in [0.3, 0.4) is 0 Å². The summed E-state index contributed by atoms with van der Waals surface area (Å²) in [5.74, 6) is 0.678. The quantitative estimate of drug-likeness (QED) is 0.760. The Bertz CT molecular complexity index is 781. The zero-order valence-corrected chi connectivity index (χ0v) is 16.2. The highest BCUT2D eigenvalue weighted by Gasteiger charge is 2.30. The van der Waals surface area contributed by atoms with Crippen molar-refractivity contribution < 1.29 is 17.9 Å². The van der Waals surface area contributed by atoms with E-state index in [0.717, 1.165) is 0 Å². The molecule has 7 heteroatoms. The highest BCUT2D eigenvalue weighted by atomic mass is 32.2. The highest BCUT2D eigenvalue weighted by molar-refractivity contribution is 7.91. The molecule has 0 aliphatic rings. The molecule has 1 aromatic carbocycles. The summed E-state index contributed by atoms with van der Waals surface area (Å²) in [6.07, 6.45) is 0.375. The fraction of sp³-hybridized carbons (Fsp3) is 0.389. The Morgan fingerprint density at radius 1 is 1.20 bits per heavy atom. The largest absolute Gasteiger partial charge is 0.497 e. The van der Waals surface area contributed by atoms with Crippen LogP contribution in [-0.2, 0) is 14.6 Å². The van der Waals surface area contributed by atoms with Crippen molar-refractivity contribution in [2.24, 2.45) is 5.92 Å². The minimum Gasteiger partial charge on any atom is -0.497 e. The number of sulfone groups is 1. The number of rotatable bonds is 8. The summed E-state index contributed by atoms with van der Waals surface area (Å²) >= 11 is 1.37. The maximum absolute atomic E-state index is 13.1. The topological polar surface area (TPSA) is 72.5 Å². The van der Waals surface area contributed by atoms with Crippen molar-refractivity contribution in [2.75, 3.05) is 13.7 Å². The molecular weight excluding hydrogens is 358 g/mol. The van der Waals surface area contributed by atoms with Gasteiger partial charge in [-0.25, -0.2) is 8.42 Å². The fourth-order valence-corrected chi connectivity index (χ4v) is 5.20. The number of methoxy groups -OCH3 is 1. The number of thiophene rings is 1. The number of carbonyl (C=O) groups is 1. The number of amides is 1. The van der Waals surface area contributed by atoms with Crippen LogP contribution in [0.25, 0.3) is 0 Å². The van der Waals surface area contributed by atoms with Crippen LogP contribution in [0, 0.1) is 5.92 Å². The zero-order valence-electron chi connectivity index (χ0n) is 14.6. The monoisotopic (exact) mass is 381 g/mol. The maximum Gasteiger partial charge on any atom is 0.220 e. The molecule has 0 saturated carbocycles. The first kappa shape index (κ1) is 19.5. The van der Waals surface area contributed by atoms with Gasteiger partial charge in [-0.1, -0.05) is 19.9 Å². The van der Waals surface area contributed by atoms with E-state index in [1.54, 1.807) is 18.2 Å². The molecule has 0 fully saturated rings. The van der Waals surface area contributed by atoms with Crippen molar-refractivity contribution in [1.82, 2.24) is 5.32 Å². The molecule has 0 aliphatic carbocycles. The van der Waals surface area contributed by atoms with E-state index in [0.29, 0.717) is 17.0 Å². The third kappa shape index (κ3) is 5.06. The van der Waals surface area contributed by atoms with E-state index in [2.05, 4.69) is 5.32 Å². The maximum atomic E-state index is 13.1. The fourth-order valence-electron chi connectivity index (χ4n) is 2.42. The van der Waals surface area contributed by atoms with E-state index >= 15 is 0 Å². The van der Waals surface area contributed by atoms with Crippen LogP contribution in [0.4, 0.5) is 0 Å². The Labute approximate surface area is 152 Å². The molecule has 1 unspecified atom stereocenters. The first-order valence-corrected chi connectivity index (χ1v) is 10.4. The molecule has 5 nitrogen and oxygen atoms in total. The average molecular weight is 382 g/mol. The van der Waals surface area contributed by atoms with Crippen molar-refractivity contribution in [3.63, 3.8) is 0 Å². The highest BCUT2D eigenvalue weighted by Crippen LogP contribution is 2.32. The lowest BCUT2D eigenvalue weighted by Crippen LogP contribution is -2.32. The Balaban J connectivity index is 2.26. The van der Waals surface area contributed by atoms with Crippen LogP contribution >= 0.6 is 11.3 Å². The summed E-state index contributed by atoms with van der Waals surface area (Å²) < 4.78 is 31.2. The van der Waals surface area contributed by atoms with Gasteiger partial charge in [-0.05, 0) is 41.6 Å². The molecule has 136 valence electrons. The van der Waals surface area contributed by atoms with Crippen LogP contribution in [0.1, 0.15) is 30.4 Å². The van der Waals surface area contributed by atoms with Gasteiger partial charge in [0, 0.05) is 17.8 Å². The SMILES string of the molecule is COc1ccc(S(=O)(=O)C(CNC(=O)CC(C)C)c2cccs2)cc1. The number of hydrogen-bond donors (Lipinski definition) is 1. The summed E-state index contributed by atoms with van der Waals surface area (Å²) in [7, 11) is -2.10. The van der Waals surface area contributed by atoms with Crippen LogP contribution in [0.15, 0.2) is 46.7 Å². The van der Waals surface area contributed by atoms with Crippen molar-refractivity contribution in [3.8, 4) is 5.75 Å². The molecule has 0 aliphatic heterocycles. The minimum atomic E-state index is -3.63. The van der Waals surface area contributed by atoms with E-state index in [1.165, 1.54) is 30.6 Å². The van der Waals surface area contributed by atoms with E-state index < -0.39 is 15.1 Å². The van der Waals surface area contributed by atoms with Crippen LogP contribution < -0.4 is 10.1 Å². The molecule has 1 aromatic heterocycles. The average Bonchev–Trinajstić information content (AvgIpc) is 3.08. The van der Waals surface area contributed by atoms with Gasteiger partial charge in [0.05, 0.1) is 12.0 Å². The molecule has 0 bridgehead atoms. The lowest BCUT2D eigenvalue weighted by Gasteiger charge is -2.18. The zero-order chi connectivity index (χ0) is 18.4. The standard InChI is InChI=1S/C18H23NO4S2/c1-13(2)11-18(20)19-12-17(16-5-4-10-24-16)25(21,22)15-8-6-14(23-3)7-9-15/h4-10,13,17H,11-12H2,1-3H3,(H,19,20). The molecule has 0 radical (unpaired) electrons. The molecule has 1 atom stereocenters. The first-order chi connectivity index (χ1) is 11.8. The predicted molar refractivity (Wildman–Crippen MR) is 99.7 cm³/mol. The molecule has 1 amide bonds. The number of nitrogens with one attached hydrogen (secondary N) is 1. The van der Waals surface area contributed by atoms with Gasteiger partial charge in [-0.3, -0.25) is 4.79 Å². The number of benzene rings is 1. The van der Waals surface area contributed by atoms with Crippen molar-refractivity contribution in [2.45, 2.75) is 30.4 Å². The van der Waals surface area contributed by atoms with E-state index in [9.17, 15) is 13.2 Å². The Morgan fingerprint density at radius 2 is 1.88 bits per heavy atom. The minimum absolute atomic E-state index is 0.0560. The number of carbonyl (C=O) groups excluding carboxylic acids is 1. The first-order valence-electron chi connectivity index (χ1n) is 8.02. The third-order valence-electron chi connectivity index (χ3n) is 3.70. The summed E-state index contributed by atoms with van der Waals surface area (Å²) in [6, 6.07) is 9.90. The second kappa shape index (κ2) is 8.49. The van der Waals surface area contributed by atoms with Gasteiger partial charge in [-0.2, -0.15) is 0 Å². The Morgan fingerprint density at radius 3 is 2.40 bits per heavy atom. The molecule has 1 N–H and O–H groups in total. The van der Waals surface area contributed by atoms with Gasteiger partial charge in [-0.15, -0.1) is 11.3 Å². The van der Waals surface area contributed by atoms with Gasteiger partial charge in [0.15, 0.2) is 9.84 Å². The second-order valence-electron chi connectivity index (χ2n) is 6.13. The van der Waals surface area contributed by atoms with Crippen LogP contribution in [0.5, 0.6) is 5.75 Å². The van der Waals surface area contributed by atoms with Gasteiger partial charge in [0.25, 0.3) is 0 Å². The van der Waals surface area contributed by atoms with Crippen LogP contribution in [0.2, 0.25) is 0 Å². The molecule has 25 heavy (non-hydrogen) atoms. The lowest BCUT2D eigenvalue weighted by atomic mass is 10.1. The third-order valence-corrected chi connectivity index (χ3v) is 6.94. The van der Waals surface area contributed by atoms with Crippen molar-refractivity contribution in [1.29, 1.82) is 0 Å². The summed E-state index contributed by atoms with van der Waals surface area (Å²) in [4.78, 5) is 12.9. The number of hydrogen-bond acceptors (Lipinski definition) is 5. The van der Waals surface area contributed by atoms with Crippen molar-refractivity contribution >= 4 is 27.1 Å². The van der Waals surface area contributed by atoms with Gasteiger partial charge >= 0.3 is 0 Å². The molecular formula is C18H23NO4S2. The molecule has 1 heterocycles. The molecule has 0 saturated heterocycles. The summed E-state index contributed by atoms with van der Waals surface area (Å²) in [6.45, 7) is 3.95.